The van der Waals surface area contributed by atoms with Gasteiger partial charge in [-0.3, -0.25) is 4.79 Å². The maximum Gasteiger partial charge on any atom is 0.296 e. The van der Waals surface area contributed by atoms with Gasteiger partial charge in [0.2, 0.25) is 5.91 Å². The molecule has 1 aromatic heterocycles. The van der Waals surface area contributed by atoms with E-state index in [2.05, 4.69) is 22.5 Å². The second-order valence-electron chi connectivity index (χ2n) is 8.24. The van der Waals surface area contributed by atoms with Crippen molar-refractivity contribution < 1.29 is 19.1 Å². The van der Waals surface area contributed by atoms with Gasteiger partial charge in [-0.15, -0.1) is 0 Å². The monoisotopic (exact) mass is 417 g/mol. The van der Waals surface area contributed by atoms with Crippen LogP contribution in [0, 0.1) is 5.92 Å². The number of nitrogens with zero attached hydrogens (tertiary/aromatic N) is 1. The summed E-state index contributed by atoms with van der Waals surface area (Å²) in [4.78, 5) is 17.6. The number of anilines is 1. The largest absolute Gasteiger partial charge is 0.424 e. The molecule has 1 aromatic carbocycles. The van der Waals surface area contributed by atoms with Crippen LogP contribution in [0.1, 0.15) is 58.3 Å². The minimum absolute atomic E-state index is 0.152. The Balaban J connectivity index is 1.65. The Morgan fingerprint density at radius 3 is 2.83 bits per heavy atom. The van der Waals surface area contributed by atoms with Gasteiger partial charge in [-0.05, 0) is 30.9 Å². The van der Waals surface area contributed by atoms with Gasteiger partial charge in [-0.25, -0.2) is 0 Å². The molecule has 2 aromatic rings. The minimum atomic E-state index is -0.467. The first-order valence-corrected chi connectivity index (χ1v) is 11.3. The smallest absolute Gasteiger partial charge is 0.296 e. The summed E-state index contributed by atoms with van der Waals surface area (Å²) >= 11 is 0. The van der Waals surface area contributed by atoms with Gasteiger partial charge in [-0.1, -0.05) is 57.6 Å². The first-order chi connectivity index (χ1) is 14.7. The lowest BCUT2D eigenvalue weighted by Crippen LogP contribution is -2.48. The van der Waals surface area contributed by atoms with Gasteiger partial charge in [-0.2, -0.15) is 4.98 Å². The number of aliphatic hydroxyl groups excluding tert-OH is 1. The zero-order chi connectivity index (χ0) is 21.2. The highest BCUT2D eigenvalue weighted by molar-refractivity contribution is 5.85. The molecule has 1 aliphatic carbocycles. The van der Waals surface area contributed by atoms with Crippen LogP contribution in [0.15, 0.2) is 28.7 Å². The molecule has 166 valence electrons. The molecule has 0 aliphatic heterocycles. The third kappa shape index (κ3) is 6.71. The van der Waals surface area contributed by atoms with Crippen molar-refractivity contribution in [1.82, 2.24) is 10.3 Å². The third-order valence-electron chi connectivity index (χ3n) is 5.73. The number of amides is 1. The normalized spacial score (nSPS) is 17.0. The van der Waals surface area contributed by atoms with Crippen molar-refractivity contribution in [1.29, 1.82) is 0 Å². The molecule has 0 unspecified atom stereocenters. The average Bonchev–Trinajstić information content (AvgIpc) is 3.18. The maximum absolute atomic E-state index is 13.1. The van der Waals surface area contributed by atoms with Crippen LogP contribution in [-0.2, 0) is 9.53 Å². The summed E-state index contributed by atoms with van der Waals surface area (Å²) < 4.78 is 11.4. The fourth-order valence-corrected chi connectivity index (χ4v) is 3.98. The van der Waals surface area contributed by atoms with Crippen molar-refractivity contribution in [2.75, 3.05) is 25.1 Å². The highest BCUT2D eigenvalue weighted by Gasteiger charge is 2.27. The number of aromatic nitrogens is 1. The van der Waals surface area contributed by atoms with Crippen LogP contribution in [0.4, 0.5) is 6.01 Å². The van der Waals surface area contributed by atoms with Crippen LogP contribution in [0.25, 0.3) is 11.1 Å². The molecular formula is C23H35N3O4. The number of nitrogens with one attached hydrogen (secondary N) is 2. The second-order valence-corrected chi connectivity index (χ2v) is 8.24. The Kier molecular flexibility index (Phi) is 8.96. The first-order valence-electron chi connectivity index (χ1n) is 11.3. The third-order valence-corrected chi connectivity index (χ3v) is 5.73. The molecule has 0 bridgehead atoms. The maximum atomic E-state index is 13.1. The predicted molar refractivity (Wildman–Crippen MR) is 117 cm³/mol. The molecule has 30 heavy (non-hydrogen) atoms. The van der Waals surface area contributed by atoms with Gasteiger partial charge in [0.15, 0.2) is 5.58 Å². The molecule has 7 heteroatoms. The number of carbonyl (C=O) groups excluding carboxylic acids is 1. The Labute approximate surface area is 178 Å². The van der Waals surface area contributed by atoms with Gasteiger partial charge in [0, 0.05) is 6.61 Å². The SMILES string of the molecule is CCCCOC[C@@H](CO)NC(=O)[C@H](CC1CCCCC1)Nc1nc2ccccc2o1. The molecule has 7 nitrogen and oxygen atoms in total. The van der Waals surface area contributed by atoms with Crippen LogP contribution >= 0.6 is 0 Å². The number of hydrogen-bond acceptors (Lipinski definition) is 6. The van der Waals surface area contributed by atoms with E-state index in [-0.39, 0.29) is 12.5 Å². The molecule has 2 atom stereocenters. The van der Waals surface area contributed by atoms with Crippen molar-refractivity contribution in [3.05, 3.63) is 24.3 Å². The number of ether oxygens (including phenoxy) is 1. The van der Waals surface area contributed by atoms with Crippen LogP contribution in [0.5, 0.6) is 0 Å². The topological polar surface area (TPSA) is 96.6 Å². The van der Waals surface area contributed by atoms with E-state index in [1.807, 2.05) is 24.3 Å². The number of unbranched alkanes of at least 4 members (excludes halogenated alkanes) is 1. The molecule has 3 N–H and O–H groups in total. The zero-order valence-electron chi connectivity index (χ0n) is 17.9. The van der Waals surface area contributed by atoms with E-state index in [1.165, 1.54) is 19.3 Å². The first kappa shape index (κ1) is 22.6. The van der Waals surface area contributed by atoms with E-state index in [1.54, 1.807) is 0 Å². The van der Waals surface area contributed by atoms with Gasteiger partial charge in [0.1, 0.15) is 11.6 Å². The van der Waals surface area contributed by atoms with Crippen LogP contribution in [0.3, 0.4) is 0 Å². The number of para-hydroxylation sites is 2. The highest BCUT2D eigenvalue weighted by Crippen LogP contribution is 2.29. The summed E-state index contributed by atoms with van der Waals surface area (Å²) in [6, 6.07) is 7.01. The predicted octanol–water partition coefficient (Wildman–Crippen LogP) is 3.87. The quantitative estimate of drug-likeness (QED) is 0.454. The van der Waals surface area contributed by atoms with E-state index in [0.717, 1.165) is 37.6 Å². The number of benzene rings is 1. The number of hydrogen-bond donors (Lipinski definition) is 3. The number of oxazole rings is 1. The van der Waals surface area contributed by atoms with Crippen molar-refractivity contribution >= 4 is 23.0 Å². The van der Waals surface area contributed by atoms with Gasteiger partial charge in [0.25, 0.3) is 6.01 Å². The van der Waals surface area contributed by atoms with Gasteiger partial charge in [0.05, 0.1) is 19.3 Å². The number of rotatable bonds is 12. The van der Waals surface area contributed by atoms with E-state index >= 15 is 0 Å². The summed E-state index contributed by atoms with van der Waals surface area (Å²) in [5.74, 6) is 0.348. The standard InChI is InChI=1S/C23H35N3O4/c1-2-3-13-29-16-18(15-27)24-22(28)20(14-17-9-5-4-6-10-17)26-23-25-19-11-7-8-12-21(19)30-23/h7-8,11-12,17-18,20,27H,2-6,9-10,13-16H2,1H3,(H,24,28)(H,25,26)/t18-,20+/m1/s1. The minimum Gasteiger partial charge on any atom is -0.424 e. The summed E-state index contributed by atoms with van der Waals surface area (Å²) in [5, 5.41) is 15.8. The molecule has 1 saturated carbocycles. The lowest BCUT2D eigenvalue weighted by atomic mass is 9.84. The van der Waals surface area contributed by atoms with E-state index in [4.69, 9.17) is 9.15 Å². The molecule has 3 rings (SSSR count). The molecule has 1 aliphatic rings. The molecule has 0 saturated heterocycles. The summed E-state index contributed by atoms with van der Waals surface area (Å²) in [7, 11) is 0. The van der Waals surface area contributed by atoms with Crippen molar-refractivity contribution in [2.45, 2.75) is 70.4 Å². The fourth-order valence-electron chi connectivity index (χ4n) is 3.98. The molecule has 0 radical (unpaired) electrons. The van der Waals surface area contributed by atoms with E-state index in [9.17, 15) is 9.90 Å². The zero-order valence-corrected chi connectivity index (χ0v) is 17.9. The van der Waals surface area contributed by atoms with Crippen molar-refractivity contribution in [3.8, 4) is 0 Å². The molecule has 1 heterocycles. The summed E-state index contributed by atoms with van der Waals surface area (Å²) in [6.45, 7) is 2.88. The molecule has 0 spiro atoms. The molecule has 1 amide bonds. The summed E-state index contributed by atoms with van der Waals surface area (Å²) in [6.07, 6.45) is 8.72. The molecule has 1 fully saturated rings. The Morgan fingerprint density at radius 2 is 2.10 bits per heavy atom. The highest BCUT2D eigenvalue weighted by atomic mass is 16.5. The fraction of sp³-hybridized carbons (Fsp3) is 0.652. The number of fused-ring (bicyclic) bond motifs is 1. The Morgan fingerprint density at radius 1 is 1.30 bits per heavy atom. The Hall–Kier alpha value is -2.12. The Bertz CT molecular complexity index is 740. The summed E-state index contributed by atoms with van der Waals surface area (Å²) in [5.41, 5.74) is 1.45. The van der Waals surface area contributed by atoms with E-state index < -0.39 is 12.1 Å². The van der Waals surface area contributed by atoms with Crippen molar-refractivity contribution in [3.63, 3.8) is 0 Å². The van der Waals surface area contributed by atoms with Crippen LogP contribution < -0.4 is 10.6 Å². The van der Waals surface area contributed by atoms with E-state index in [0.29, 0.717) is 30.7 Å². The second kappa shape index (κ2) is 11.9. The number of aliphatic hydroxyl groups is 1. The van der Waals surface area contributed by atoms with Gasteiger partial charge < -0.3 is 24.9 Å². The lowest BCUT2D eigenvalue weighted by Gasteiger charge is -2.27. The number of carbonyl (C=O) groups is 1. The lowest BCUT2D eigenvalue weighted by molar-refractivity contribution is -0.123. The van der Waals surface area contributed by atoms with Gasteiger partial charge >= 0.3 is 0 Å². The van der Waals surface area contributed by atoms with Crippen LogP contribution in [-0.4, -0.2) is 47.9 Å². The van der Waals surface area contributed by atoms with Crippen molar-refractivity contribution in [2.24, 2.45) is 5.92 Å². The molecular weight excluding hydrogens is 382 g/mol. The average molecular weight is 418 g/mol. The van der Waals surface area contributed by atoms with Crippen LogP contribution in [0.2, 0.25) is 0 Å².